The zero-order valence-corrected chi connectivity index (χ0v) is 15.4. The third-order valence-corrected chi connectivity index (χ3v) is 6.96. The third kappa shape index (κ3) is 4.94. The van der Waals surface area contributed by atoms with Gasteiger partial charge in [0, 0.05) is 19.0 Å². The molecule has 3 heterocycles. The lowest BCUT2D eigenvalue weighted by atomic mass is 10.2. The Balaban J connectivity index is 1.45. The summed E-state index contributed by atoms with van der Waals surface area (Å²) in [7, 11) is -3.07. The molecule has 0 radical (unpaired) electrons. The molecule has 0 aromatic carbocycles. The molecule has 0 unspecified atom stereocenters. The maximum atomic E-state index is 11.9. The van der Waals surface area contributed by atoms with Crippen molar-refractivity contribution in [3.8, 4) is 0 Å². The van der Waals surface area contributed by atoms with E-state index in [4.69, 9.17) is 0 Å². The average Bonchev–Trinajstić information content (AvgIpc) is 2.98. The Hall–Kier alpha value is -1.62. The lowest BCUT2D eigenvalue weighted by Crippen LogP contribution is -2.45. The molecule has 0 spiro atoms. The van der Waals surface area contributed by atoms with Crippen LogP contribution in [0.2, 0.25) is 0 Å². The Labute approximate surface area is 150 Å². The van der Waals surface area contributed by atoms with Crippen LogP contribution in [0.5, 0.6) is 0 Å². The number of aromatic nitrogens is 3. The number of carbonyl (C=O) groups is 2. The molecule has 11 heteroatoms. The Morgan fingerprint density at radius 3 is 2.84 bits per heavy atom. The molecule has 25 heavy (non-hydrogen) atoms. The quantitative estimate of drug-likeness (QED) is 0.703. The number of thioether (sulfide) groups is 1. The topological polar surface area (TPSA) is 123 Å². The molecule has 2 N–H and O–H groups in total. The van der Waals surface area contributed by atoms with E-state index in [0.29, 0.717) is 11.6 Å². The van der Waals surface area contributed by atoms with Crippen LogP contribution >= 0.6 is 11.8 Å². The third-order valence-electron chi connectivity index (χ3n) is 4.23. The summed E-state index contributed by atoms with van der Waals surface area (Å²) in [5.74, 6) is 0.540. The number of aryl methyl sites for hydroxylation is 1. The monoisotopic (exact) mass is 387 g/mol. The van der Waals surface area contributed by atoms with Gasteiger partial charge in [0.25, 0.3) is 0 Å². The Bertz CT molecular complexity index is 761. The van der Waals surface area contributed by atoms with Crippen LogP contribution in [0.3, 0.4) is 0 Å². The minimum Gasteiger partial charge on any atom is -0.334 e. The van der Waals surface area contributed by atoms with Crippen molar-refractivity contribution in [2.75, 3.05) is 17.3 Å². The summed E-state index contributed by atoms with van der Waals surface area (Å²) in [6, 6.07) is -1.09. The van der Waals surface area contributed by atoms with Gasteiger partial charge in [-0.25, -0.2) is 13.2 Å². The normalized spacial score (nSPS) is 22.0. The molecule has 138 valence electrons. The van der Waals surface area contributed by atoms with Crippen molar-refractivity contribution >= 4 is 33.5 Å². The molecular weight excluding hydrogens is 366 g/mol. The lowest BCUT2D eigenvalue weighted by molar-refractivity contribution is -0.117. The fourth-order valence-corrected chi connectivity index (χ4v) is 5.45. The van der Waals surface area contributed by atoms with Gasteiger partial charge in [-0.3, -0.25) is 10.1 Å². The van der Waals surface area contributed by atoms with Crippen LogP contribution in [0.4, 0.5) is 4.79 Å². The highest BCUT2D eigenvalue weighted by molar-refractivity contribution is 7.99. The second-order valence-electron chi connectivity index (χ2n) is 6.27. The SMILES string of the molecule is O=C(CSc1nnc2n1CCCCC2)NC(=O)N[C@H]1CCS(=O)(=O)C1. The van der Waals surface area contributed by atoms with E-state index >= 15 is 0 Å². The number of urea groups is 1. The molecule has 3 rings (SSSR count). The van der Waals surface area contributed by atoms with Crippen molar-refractivity contribution in [2.24, 2.45) is 0 Å². The number of fused-ring (bicyclic) bond motifs is 1. The fourth-order valence-electron chi connectivity index (χ4n) is 2.99. The smallest absolute Gasteiger partial charge is 0.321 e. The van der Waals surface area contributed by atoms with Crippen molar-refractivity contribution in [1.29, 1.82) is 0 Å². The van der Waals surface area contributed by atoms with Crippen molar-refractivity contribution < 1.29 is 18.0 Å². The van der Waals surface area contributed by atoms with Crippen LogP contribution in [0.15, 0.2) is 5.16 Å². The summed E-state index contributed by atoms with van der Waals surface area (Å²) in [5.41, 5.74) is 0. The molecule has 2 aliphatic rings. The van der Waals surface area contributed by atoms with Gasteiger partial charge in [-0.05, 0) is 19.3 Å². The van der Waals surface area contributed by atoms with E-state index in [0.717, 1.165) is 38.1 Å². The molecule has 1 aromatic heterocycles. The van der Waals surface area contributed by atoms with Gasteiger partial charge in [0.1, 0.15) is 5.82 Å². The molecule has 9 nitrogen and oxygen atoms in total. The van der Waals surface area contributed by atoms with Crippen molar-refractivity contribution in [3.05, 3.63) is 5.82 Å². The maximum Gasteiger partial charge on any atom is 0.321 e. The molecule has 1 atom stereocenters. The highest BCUT2D eigenvalue weighted by Gasteiger charge is 2.29. The number of imide groups is 1. The molecule has 0 bridgehead atoms. The average molecular weight is 387 g/mol. The zero-order valence-electron chi connectivity index (χ0n) is 13.7. The number of carbonyl (C=O) groups excluding carboxylic acids is 2. The zero-order chi connectivity index (χ0) is 17.9. The van der Waals surface area contributed by atoms with E-state index in [9.17, 15) is 18.0 Å². The van der Waals surface area contributed by atoms with Gasteiger partial charge in [0.15, 0.2) is 15.0 Å². The molecular formula is C14H21N5O4S2. The van der Waals surface area contributed by atoms with E-state index < -0.39 is 27.8 Å². The first kappa shape index (κ1) is 18.2. The van der Waals surface area contributed by atoms with Crippen LogP contribution in [-0.2, 0) is 27.6 Å². The van der Waals surface area contributed by atoms with Crippen LogP contribution < -0.4 is 10.6 Å². The molecule has 0 aliphatic carbocycles. The van der Waals surface area contributed by atoms with Crippen LogP contribution in [0.25, 0.3) is 0 Å². The van der Waals surface area contributed by atoms with E-state index in [-0.39, 0.29) is 17.3 Å². The summed E-state index contributed by atoms with van der Waals surface area (Å²) in [5, 5.41) is 13.7. The summed E-state index contributed by atoms with van der Waals surface area (Å²) in [6.07, 6.45) is 4.60. The fraction of sp³-hybridized carbons (Fsp3) is 0.714. The predicted octanol–water partition coefficient (Wildman–Crippen LogP) is 0.110. The number of hydrogen-bond donors (Lipinski definition) is 2. The second kappa shape index (κ2) is 7.73. The lowest BCUT2D eigenvalue weighted by Gasteiger charge is -2.11. The summed E-state index contributed by atoms with van der Waals surface area (Å²) >= 11 is 1.24. The van der Waals surface area contributed by atoms with Gasteiger partial charge >= 0.3 is 6.03 Å². The molecule has 3 amide bonds. The highest BCUT2D eigenvalue weighted by Crippen LogP contribution is 2.21. The van der Waals surface area contributed by atoms with Gasteiger partial charge in [-0.1, -0.05) is 18.2 Å². The summed E-state index contributed by atoms with van der Waals surface area (Å²) in [4.78, 5) is 23.7. The minimum atomic E-state index is -3.07. The van der Waals surface area contributed by atoms with E-state index in [1.54, 1.807) is 0 Å². The molecule has 1 saturated heterocycles. The molecule has 0 saturated carbocycles. The molecule has 1 fully saturated rings. The number of nitrogens with zero attached hydrogens (tertiary/aromatic N) is 3. The first-order valence-electron chi connectivity index (χ1n) is 8.28. The Kier molecular flexibility index (Phi) is 5.62. The van der Waals surface area contributed by atoms with Gasteiger partial charge in [-0.15, -0.1) is 10.2 Å². The minimum absolute atomic E-state index is 0.0501. The number of amides is 3. The summed E-state index contributed by atoms with van der Waals surface area (Å²) < 4.78 is 24.8. The van der Waals surface area contributed by atoms with Crippen LogP contribution in [0.1, 0.15) is 31.5 Å². The van der Waals surface area contributed by atoms with Gasteiger partial charge in [0.2, 0.25) is 5.91 Å². The largest absolute Gasteiger partial charge is 0.334 e. The number of rotatable bonds is 4. The van der Waals surface area contributed by atoms with Crippen molar-refractivity contribution in [2.45, 2.75) is 49.8 Å². The van der Waals surface area contributed by atoms with Crippen molar-refractivity contribution in [1.82, 2.24) is 25.4 Å². The molecule has 1 aromatic rings. The first-order chi connectivity index (χ1) is 11.9. The van der Waals surface area contributed by atoms with Crippen LogP contribution in [0, 0.1) is 0 Å². The first-order valence-corrected chi connectivity index (χ1v) is 11.1. The van der Waals surface area contributed by atoms with Gasteiger partial charge < -0.3 is 9.88 Å². The van der Waals surface area contributed by atoms with Crippen LogP contribution in [-0.4, -0.2) is 58.4 Å². The van der Waals surface area contributed by atoms with Crippen molar-refractivity contribution in [3.63, 3.8) is 0 Å². The highest BCUT2D eigenvalue weighted by atomic mass is 32.2. The number of hydrogen-bond acceptors (Lipinski definition) is 7. The Morgan fingerprint density at radius 1 is 1.24 bits per heavy atom. The number of nitrogens with one attached hydrogen (secondary N) is 2. The van der Waals surface area contributed by atoms with E-state index in [1.165, 1.54) is 11.8 Å². The van der Waals surface area contributed by atoms with E-state index in [1.807, 2.05) is 4.57 Å². The van der Waals surface area contributed by atoms with Gasteiger partial charge in [0.05, 0.1) is 17.3 Å². The standard InChI is InChI=1S/C14H21N5O4S2/c20-12(16-13(21)15-10-5-7-25(22,23)9-10)8-24-14-18-17-11-4-2-1-3-6-19(11)14/h10H,1-9H2,(H2,15,16,20,21)/t10-/m0/s1. The van der Waals surface area contributed by atoms with E-state index in [2.05, 4.69) is 20.8 Å². The Morgan fingerprint density at radius 2 is 2.08 bits per heavy atom. The predicted molar refractivity (Wildman–Crippen MR) is 92.0 cm³/mol. The summed E-state index contributed by atoms with van der Waals surface area (Å²) in [6.45, 7) is 0.850. The number of sulfone groups is 1. The molecule has 2 aliphatic heterocycles. The second-order valence-corrected chi connectivity index (χ2v) is 9.44. The van der Waals surface area contributed by atoms with Gasteiger partial charge in [-0.2, -0.15) is 0 Å². The maximum absolute atomic E-state index is 11.9.